The highest BCUT2D eigenvalue weighted by Crippen LogP contribution is 2.44. The third kappa shape index (κ3) is 11.2. The van der Waals surface area contributed by atoms with Gasteiger partial charge in [-0.25, -0.2) is 14.4 Å². The number of aliphatic hydroxyl groups excluding tert-OH is 1. The predicted molar refractivity (Wildman–Crippen MR) is 196 cm³/mol. The summed E-state index contributed by atoms with van der Waals surface area (Å²) in [4.78, 5) is 39.5. The Balaban J connectivity index is 1.48. The molecule has 1 aliphatic rings. The Bertz CT molecular complexity index is 1630. The molecule has 8 heteroatoms. The summed E-state index contributed by atoms with van der Waals surface area (Å²) in [5.41, 5.74) is 5.22. The van der Waals surface area contributed by atoms with E-state index >= 15 is 0 Å². The zero-order valence-electron chi connectivity index (χ0n) is 30.3. The fourth-order valence-corrected chi connectivity index (χ4v) is 5.94. The van der Waals surface area contributed by atoms with Crippen molar-refractivity contribution >= 4 is 24.1 Å². The maximum absolute atomic E-state index is 13.8. The van der Waals surface area contributed by atoms with E-state index in [2.05, 4.69) is 29.6 Å². The molecule has 0 spiro atoms. The van der Waals surface area contributed by atoms with Crippen LogP contribution in [0.5, 0.6) is 0 Å². The van der Waals surface area contributed by atoms with E-state index in [1.54, 1.807) is 26.8 Å². The fourth-order valence-electron chi connectivity index (χ4n) is 5.94. The lowest BCUT2D eigenvalue weighted by Gasteiger charge is -2.28. The van der Waals surface area contributed by atoms with Crippen LogP contribution >= 0.6 is 0 Å². The Kier molecular flexibility index (Phi) is 12.8. The number of alkyl carbamates (subject to hydrolysis) is 1. The molecule has 50 heavy (non-hydrogen) atoms. The number of fused-ring (bicyclic) bond motifs is 3. The molecule has 0 aliphatic heterocycles. The lowest BCUT2D eigenvalue weighted by Crippen LogP contribution is -2.46. The molecule has 8 nitrogen and oxygen atoms in total. The van der Waals surface area contributed by atoms with Crippen LogP contribution in [0.4, 0.5) is 4.79 Å². The van der Waals surface area contributed by atoms with Gasteiger partial charge in [0.25, 0.3) is 0 Å². The summed E-state index contributed by atoms with van der Waals surface area (Å²) < 4.78 is 17.3. The molecule has 0 heterocycles. The summed E-state index contributed by atoms with van der Waals surface area (Å²) in [5.74, 6) is -1.45. The van der Waals surface area contributed by atoms with Gasteiger partial charge in [0.05, 0.1) is 6.61 Å². The molecule has 0 bridgehead atoms. The van der Waals surface area contributed by atoms with Crippen molar-refractivity contribution < 1.29 is 33.7 Å². The highest BCUT2D eigenvalue weighted by atomic mass is 16.6. The minimum Gasteiger partial charge on any atom is -0.460 e. The second-order valence-corrected chi connectivity index (χ2v) is 15.1. The Labute approximate surface area is 296 Å². The molecule has 0 aromatic heterocycles. The van der Waals surface area contributed by atoms with Gasteiger partial charge in [-0.15, -0.1) is 0 Å². The molecule has 3 aromatic carbocycles. The third-order valence-corrected chi connectivity index (χ3v) is 8.37. The first-order chi connectivity index (χ1) is 23.6. The highest BCUT2D eigenvalue weighted by molar-refractivity contribution is 5.83. The topological polar surface area (TPSA) is 111 Å². The monoisotopic (exact) mass is 681 g/mol. The SMILES string of the molecule is C[C@H](C=Cc1ccc(CO)cc1)[C@H](CC=CC(=O)OC(C)(C)C)OC(=O)C(CC(C)(C)C)NC(=O)OCC1c2ccccc2-c2ccccc21. The second-order valence-electron chi connectivity index (χ2n) is 15.1. The molecule has 3 aromatic rings. The standard InChI is InChI=1S/C42H51NO7/c1-28(19-20-29-21-23-30(26-44)24-22-29)37(17-12-18-38(45)50-42(5,6)7)49-39(46)36(25-41(2,3)4)43-40(47)48-27-35-33-15-10-8-13-31(33)32-14-9-11-16-34(32)35/h8-16,18-24,28,35-37,44H,17,25-27H2,1-7H3,(H,43,47)/t28-,36?,37+/m1/s1. The van der Waals surface area contributed by atoms with Crippen LogP contribution in [-0.4, -0.2) is 47.5 Å². The Hall–Kier alpha value is -4.69. The van der Waals surface area contributed by atoms with Crippen LogP contribution in [0, 0.1) is 11.3 Å². The van der Waals surface area contributed by atoms with Crippen molar-refractivity contribution in [1.82, 2.24) is 5.32 Å². The minimum atomic E-state index is -0.967. The number of amides is 1. The van der Waals surface area contributed by atoms with E-state index in [0.29, 0.717) is 6.42 Å². The van der Waals surface area contributed by atoms with Crippen LogP contribution in [0.15, 0.2) is 91.0 Å². The summed E-state index contributed by atoms with van der Waals surface area (Å²) in [6.07, 6.45) is 6.06. The lowest BCUT2D eigenvalue weighted by atomic mass is 9.88. The molecule has 2 N–H and O–H groups in total. The van der Waals surface area contributed by atoms with Crippen LogP contribution in [0.3, 0.4) is 0 Å². The summed E-state index contributed by atoms with van der Waals surface area (Å²) in [7, 11) is 0. The molecule has 266 valence electrons. The van der Waals surface area contributed by atoms with E-state index in [1.807, 2.05) is 88.4 Å². The molecule has 0 saturated heterocycles. The number of hydrogen-bond acceptors (Lipinski definition) is 7. The Morgan fingerprint density at radius 3 is 2.04 bits per heavy atom. The number of nitrogens with one attached hydrogen (secondary N) is 1. The minimum absolute atomic E-state index is 0.0395. The van der Waals surface area contributed by atoms with Crippen LogP contribution in [-0.2, 0) is 30.4 Å². The van der Waals surface area contributed by atoms with Crippen molar-refractivity contribution in [2.45, 2.75) is 91.6 Å². The zero-order chi connectivity index (χ0) is 36.5. The van der Waals surface area contributed by atoms with Gasteiger partial charge in [0.2, 0.25) is 0 Å². The summed E-state index contributed by atoms with van der Waals surface area (Å²) in [6.45, 7) is 13.4. The van der Waals surface area contributed by atoms with Crippen molar-refractivity contribution in [3.8, 4) is 11.1 Å². The van der Waals surface area contributed by atoms with Crippen LogP contribution in [0.1, 0.15) is 89.5 Å². The van der Waals surface area contributed by atoms with Crippen molar-refractivity contribution in [3.63, 3.8) is 0 Å². The molecular formula is C42H51NO7. The molecule has 1 unspecified atom stereocenters. The van der Waals surface area contributed by atoms with Crippen molar-refractivity contribution in [2.75, 3.05) is 6.61 Å². The number of aliphatic hydroxyl groups is 1. The molecule has 1 amide bonds. The van der Waals surface area contributed by atoms with Gasteiger partial charge in [0, 0.05) is 24.3 Å². The van der Waals surface area contributed by atoms with E-state index in [9.17, 15) is 19.5 Å². The Morgan fingerprint density at radius 1 is 0.880 bits per heavy atom. The van der Waals surface area contributed by atoms with Gasteiger partial charge < -0.3 is 24.6 Å². The second kappa shape index (κ2) is 16.8. The van der Waals surface area contributed by atoms with E-state index < -0.39 is 35.8 Å². The first-order valence-electron chi connectivity index (χ1n) is 17.2. The van der Waals surface area contributed by atoms with Gasteiger partial charge in [-0.05, 0) is 66.0 Å². The normalized spacial score (nSPS) is 14.9. The van der Waals surface area contributed by atoms with E-state index in [1.165, 1.54) is 6.08 Å². The van der Waals surface area contributed by atoms with Gasteiger partial charge in [-0.3, -0.25) is 0 Å². The zero-order valence-corrected chi connectivity index (χ0v) is 30.3. The Morgan fingerprint density at radius 2 is 1.48 bits per heavy atom. The number of ether oxygens (including phenoxy) is 3. The molecule has 0 saturated carbocycles. The summed E-state index contributed by atoms with van der Waals surface area (Å²) in [6, 6.07) is 22.7. The van der Waals surface area contributed by atoms with Gasteiger partial charge in [0.1, 0.15) is 24.4 Å². The molecule has 1 aliphatic carbocycles. The van der Waals surface area contributed by atoms with Crippen molar-refractivity contribution in [1.29, 1.82) is 0 Å². The molecule has 0 fully saturated rings. The largest absolute Gasteiger partial charge is 0.460 e. The number of carbonyl (C=O) groups is 3. The quantitative estimate of drug-likeness (QED) is 0.106. The maximum Gasteiger partial charge on any atom is 0.407 e. The van der Waals surface area contributed by atoms with Crippen molar-refractivity contribution in [3.05, 3.63) is 113 Å². The van der Waals surface area contributed by atoms with E-state index in [4.69, 9.17) is 14.2 Å². The first-order valence-corrected chi connectivity index (χ1v) is 17.2. The smallest absolute Gasteiger partial charge is 0.407 e. The van der Waals surface area contributed by atoms with E-state index in [-0.39, 0.29) is 36.9 Å². The van der Waals surface area contributed by atoms with Crippen LogP contribution in [0.2, 0.25) is 0 Å². The third-order valence-electron chi connectivity index (χ3n) is 8.37. The fraction of sp³-hybridized carbons (Fsp3) is 0.405. The van der Waals surface area contributed by atoms with Crippen LogP contribution < -0.4 is 5.32 Å². The maximum atomic E-state index is 13.8. The van der Waals surface area contributed by atoms with Gasteiger partial charge in [0.15, 0.2) is 0 Å². The number of carbonyl (C=O) groups excluding carboxylic acids is 3. The van der Waals surface area contributed by atoms with Crippen molar-refractivity contribution in [2.24, 2.45) is 11.3 Å². The molecule has 3 atom stereocenters. The highest BCUT2D eigenvalue weighted by Gasteiger charge is 2.33. The number of benzene rings is 3. The van der Waals surface area contributed by atoms with Gasteiger partial charge >= 0.3 is 18.0 Å². The molecular weight excluding hydrogens is 630 g/mol. The average molecular weight is 682 g/mol. The summed E-state index contributed by atoms with van der Waals surface area (Å²) >= 11 is 0. The number of esters is 2. The van der Waals surface area contributed by atoms with E-state index in [0.717, 1.165) is 33.4 Å². The average Bonchev–Trinajstić information content (AvgIpc) is 3.37. The van der Waals surface area contributed by atoms with Crippen LogP contribution in [0.25, 0.3) is 17.2 Å². The van der Waals surface area contributed by atoms with Gasteiger partial charge in [-0.1, -0.05) is 119 Å². The molecule has 4 rings (SSSR count). The summed E-state index contributed by atoms with van der Waals surface area (Å²) in [5, 5.41) is 12.2. The molecule has 0 radical (unpaired) electrons. The number of hydrogen-bond donors (Lipinski definition) is 2. The first kappa shape index (κ1) is 38.1. The lowest BCUT2D eigenvalue weighted by molar-refractivity contribution is -0.153. The number of rotatable bonds is 13. The van der Waals surface area contributed by atoms with Gasteiger partial charge in [-0.2, -0.15) is 0 Å². The predicted octanol–water partition coefficient (Wildman–Crippen LogP) is 8.37.